The van der Waals surface area contributed by atoms with Crippen molar-refractivity contribution in [3.05, 3.63) is 66.0 Å². The van der Waals surface area contributed by atoms with Gasteiger partial charge in [0.15, 0.2) is 5.78 Å². The standard InChI is InChI=1S/C17H19N2O/c1-14(20)16-9-7-15(8-10-16)13-17(18(2)3)19-11-5-4-6-12-19/h4-13H,1-3H3/q+1. The van der Waals surface area contributed by atoms with Gasteiger partial charge in [0.05, 0.1) is 26.5 Å². The highest BCUT2D eigenvalue weighted by atomic mass is 16.1. The molecule has 0 spiro atoms. The second-order valence-corrected chi connectivity index (χ2v) is 4.86. The zero-order valence-electron chi connectivity index (χ0n) is 12.1. The van der Waals surface area contributed by atoms with Gasteiger partial charge in [0.2, 0.25) is 0 Å². The van der Waals surface area contributed by atoms with Crippen LogP contribution in [0.1, 0.15) is 22.8 Å². The van der Waals surface area contributed by atoms with Crippen LogP contribution in [-0.4, -0.2) is 24.8 Å². The Kier molecular flexibility index (Phi) is 4.31. The van der Waals surface area contributed by atoms with E-state index >= 15 is 0 Å². The number of Topliss-reactive ketones (excluding diaryl/α,β-unsaturated/α-hetero) is 1. The van der Waals surface area contributed by atoms with Gasteiger partial charge in [-0.25, -0.2) is 4.57 Å². The van der Waals surface area contributed by atoms with Gasteiger partial charge in [-0.2, -0.15) is 0 Å². The molecule has 0 unspecified atom stereocenters. The van der Waals surface area contributed by atoms with E-state index in [2.05, 4.69) is 15.5 Å². The summed E-state index contributed by atoms with van der Waals surface area (Å²) in [6, 6.07) is 13.6. The highest BCUT2D eigenvalue weighted by Gasteiger charge is 2.11. The summed E-state index contributed by atoms with van der Waals surface area (Å²) < 4.78 is 2.05. The van der Waals surface area contributed by atoms with E-state index in [4.69, 9.17) is 0 Å². The van der Waals surface area contributed by atoms with E-state index in [-0.39, 0.29) is 5.78 Å². The minimum absolute atomic E-state index is 0.0887. The Bertz CT molecular complexity index is 613. The third-order valence-electron chi connectivity index (χ3n) is 3.05. The molecule has 0 saturated heterocycles. The molecule has 0 aliphatic rings. The molecule has 0 amide bonds. The minimum atomic E-state index is 0.0887. The molecular weight excluding hydrogens is 248 g/mol. The Morgan fingerprint density at radius 1 is 1.05 bits per heavy atom. The van der Waals surface area contributed by atoms with Crippen LogP contribution >= 0.6 is 0 Å². The first kappa shape index (κ1) is 14.0. The maximum atomic E-state index is 11.3. The molecule has 2 aromatic rings. The summed E-state index contributed by atoms with van der Waals surface area (Å²) in [7, 11) is 4.02. The summed E-state index contributed by atoms with van der Waals surface area (Å²) in [6.45, 7) is 1.58. The fourth-order valence-electron chi connectivity index (χ4n) is 1.95. The number of rotatable bonds is 4. The van der Waals surface area contributed by atoms with Gasteiger partial charge >= 0.3 is 0 Å². The lowest BCUT2D eigenvalue weighted by atomic mass is 10.1. The molecule has 0 radical (unpaired) electrons. The third-order valence-corrected chi connectivity index (χ3v) is 3.05. The Hall–Kier alpha value is -2.42. The van der Waals surface area contributed by atoms with Gasteiger partial charge in [0.1, 0.15) is 0 Å². The van der Waals surface area contributed by atoms with Crippen molar-refractivity contribution in [1.82, 2.24) is 4.90 Å². The Morgan fingerprint density at radius 2 is 1.65 bits per heavy atom. The van der Waals surface area contributed by atoms with Crippen molar-refractivity contribution in [2.75, 3.05) is 14.1 Å². The monoisotopic (exact) mass is 267 g/mol. The number of hydrogen-bond acceptors (Lipinski definition) is 2. The van der Waals surface area contributed by atoms with E-state index < -0.39 is 0 Å². The molecule has 0 aliphatic carbocycles. The SMILES string of the molecule is CC(=O)c1ccc(C=C(N(C)C)[n+]2ccccc2)cc1. The molecule has 3 nitrogen and oxygen atoms in total. The molecule has 0 atom stereocenters. The van der Waals surface area contributed by atoms with Crippen molar-refractivity contribution in [2.24, 2.45) is 0 Å². The molecule has 0 aliphatic heterocycles. The van der Waals surface area contributed by atoms with Gasteiger partial charge in [-0.3, -0.25) is 9.69 Å². The van der Waals surface area contributed by atoms with Crippen LogP contribution in [0.3, 0.4) is 0 Å². The number of hydrogen-bond donors (Lipinski definition) is 0. The topological polar surface area (TPSA) is 24.2 Å². The predicted octanol–water partition coefficient (Wildman–Crippen LogP) is 2.69. The van der Waals surface area contributed by atoms with E-state index in [0.29, 0.717) is 0 Å². The molecule has 2 rings (SSSR count). The van der Waals surface area contributed by atoms with E-state index in [0.717, 1.165) is 16.9 Å². The van der Waals surface area contributed by atoms with Gasteiger partial charge in [0.25, 0.3) is 5.82 Å². The molecule has 20 heavy (non-hydrogen) atoms. The molecule has 1 heterocycles. The highest BCUT2D eigenvalue weighted by Crippen LogP contribution is 2.10. The molecule has 102 valence electrons. The largest absolute Gasteiger partial charge is 0.295 e. The van der Waals surface area contributed by atoms with Crippen molar-refractivity contribution in [3.8, 4) is 0 Å². The van der Waals surface area contributed by atoms with Crippen molar-refractivity contribution in [2.45, 2.75) is 6.92 Å². The number of ketones is 1. The molecule has 0 bridgehead atoms. The predicted molar refractivity (Wildman–Crippen MR) is 80.9 cm³/mol. The molecule has 0 fully saturated rings. The second kappa shape index (κ2) is 6.15. The van der Waals surface area contributed by atoms with E-state index in [1.807, 2.05) is 69.0 Å². The number of aromatic nitrogens is 1. The number of nitrogens with zero attached hydrogens (tertiary/aromatic N) is 2. The fraction of sp³-hybridized carbons (Fsp3) is 0.176. The lowest BCUT2D eigenvalue weighted by molar-refractivity contribution is -0.590. The first-order chi connectivity index (χ1) is 9.58. The zero-order chi connectivity index (χ0) is 14.5. The van der Waals surface area contributed by atoms with Gasteiger partial charge in [-0.1, -0.05) is 30.3 Å². The molecule has 3 heteroatoms. The summed E-state index contributed by atoms with van der Waals surface area (Å²) >= 11 is 0. The molecule has 1 aromatic carbocycles. The van der Waals surface area contributed by atoms with Crippen molar-refractivity contribution >= 4 is 17.7 Å². The first-order valence-corrected chi connectivity index (χ1v) is 6.54. The normalized spacial score (nSPS) is 11.2. The summed E-state index contributed by atoms with van der Waals surface area (Å²) in [5.41, 5.74) is 1.80. The maximum absolute atomic E-state index is 11.3. The Balaban J connectivity index is 2.37. The van der Waals surface area contributed by atoms with Crippen LogP contribution < -0.4 is 4.57 Å². The van der Waals surface area contributed by atoms with Crippen molar-refractivity contribution < 1.29 is 9.36 Å². The van der Waals surface area contributed by atoms with Crippen LogP contribution in [0.2, 0.25) is 0 Å². The lowest BCUT2D eigenvalue weighted by Crippen LogP contribution is -2.38. The molecule has 0 saturated carbocycles. The van der Waals surface area contributed by atoms with Gasteiger partial charge in [0, 0.05) is 11.6 Å². The zero-order valence-corrected chi connectivity index (χ0v) is 12.1. The first-order valence-electron chi connectivity index (χ1n) is 6.54. The van der Waals surface area contributed by atoms with Gasteiger partial charge in [-0.05, 0) is 24.6 Å². The smallest absolute Gasteiger partial charge is 0.281 e. The fourth-order valence-corrected chi connectivity index (χ4v) is 1.95. The molecular formula is C17H19N2O+. The molecule has 0 N–H and O–H groups in total. The summed E-state index contributed by atoms with van der Waals surface area (Å²) in [6.07, 6.45) is 6.11. The van der Waals surface area contributed by atoms with Crippen LogP contribution in [0.25, 0.3) is 11.9 Å². The van der Waals surface area contributed by atoms with Gasteiger partial charge in [-0.15, -0.1) is 0 Å². The quantitative estimate of drug-likeness (QED) is 0.628. The van der Waals surface area contributed by atoms with Crippen LogP contribution in [0.5, 0.6) is 0 Å². The Morgan fingerprint density at radius 3 is 2.15 bits per heavy atom. The summed E-state index contributed by atoms with van der Waals surface area (Å²) in [4.78, 5) is 13.3. The number of carbonyl (C=O) groups excluding carboxylic acids is 1. The van der Waals surface area contributed by atoms with Crippen LogP contribution in [-0.2, 0) is 0 Å². The third kappa shape index (κ3) is 3.32. The summed E-state index contributed by atoms with van der Waals surface area (Å²) in [5, 5.41) is 0. The van der Waals surface area contributed by atoms with E-state index in [9.17, 15) is 4.79 Å². The van der Waals surface area contributed by atoms with E-state index in [1.165, 1.54) is 0 Å². The van der Waals surface area contributed by atoms with Crippen LogP contribution in [0.15, 0.2) is 54.9 Å². The van der Waals surface area contributed by atoms with Crippen LogP contribution in [0.4, 0.5) is 0 Å². The second-order valence-electron chi connectivity index (χ2n) is 4.86. The minimum Gasteiger partial charge on any atom is -0.295 e. The lowest BCUT2D eigenvalue weighted by Gasteiger charge is -2.10. The summed E-state index contributed by atoms with van der Waals surface area (Å²) in [5.74, 6) is 1.15. The maximum Gasteiger partial charge on any atom is 0.281 e. The average Bonchev–Trinajstić information content (AvgIpc) is 2.46. The highest BCUT2D eigenvalue weighted by molar-refractivity contribution is 5.94. The average molecular weight is 267 g/mol. The van der Waals surface area contributed by atoms with Crippen molar-refractivity contribution in [3.63, 3.8) is 0 Å². The number of carbonyl (C=O) groups is 1. The number of pyridine rings is 1. The van der Waals surface area contributed by atoms with Crippen molar-refractivity contribution in [1.29, 1.82) is 0 Å². The number of benzene rings is 1. The van der Waals surface area contributed by atoms with E-state index in [1.54, 1.807) is 6.92 Å². The molecule has 1 aromatic heterocycles. The van der Waals surface area contributed by atoms with Gasteiger partial charge < -0.3 is 0 Å². The Labute approximate surface area is 119 Å². The van der Waals surface area contributed by atoms with Crippen LogP contribution in [0, 0.1) is 0 Å².